The van der Waals surface area contributed by atoms with E-state index in [9.17, 15) is 9.59 Å². The van der Waals surface area contributed by atoms with Gasteiger partial charge < -0.3 is 16.2 Å². The molecule has 110 valence electrons. The Morgan fingerprint density at radius 3 is 2.45 bits per heavy atom. The average molecular weight is 278 g/mol. The van der Waals surface area contributed by atoms with Gasteiger partial charge in [-0.1, -0.05) is 30.3 Å². The molecule has 1 aromatic rings. The van der Waals surface area contributed by atoms with E-state index in [0.29, 0.717) is 6.42 Å². The standard InChI is InChI=1S/C15H22N2O3/c1-15(2,14(19)20)10-17-13(18)12(16)9-8-11-6-4-3-5-7-11/h3-7,12H,8-10,16H2,1-2H3,(H,17,18)(H,19,20). The fourth-order valence-electron chi connectivity index (χ4n) is 1.61. The van der Waals surface area contributed by atoms with Crippen LogP contribution in [0.1, 0.15) is 25.8 Å². The van der Waals surface area contributed by atoms with Gasteiger partial charge in [0.15, 0.2) is 0 Å². The lowest BCUT2D eigenvalue weighted by atomic mass is 9.93. The summed E-state index contributed by atoms with van der Waals surface area (Å²) in [6.45, 7) is 3.19. The number of rotatable bonds is 7. The van der Waals surface area contributed by atoms with Gasteiger partial charge in [0.05, 0.1) is 11.5 Å². The molecule has 0 saturated carbocycles. The summed E-state index contributed by atoms with van der Waals surface area (Å²) in [6.07, 6.45) is 1.25. The predicted molar refractivity (Wildman–Crippen MR) is 77.2 cm³/mol. The van der Waals surface area contributed by atoms with Crippen LogP contribution in [0, 0.1) is 5.41 Å². The van der Waals surface area contributed by atoms with Gasteiger partial charge in [-0.05, 0) is 32.3 Å². The van der Waals surface area contributed by atoms with E-state index in [1.54, 1.807) is 13.8 Å². The molecule has 0 radical (unpaired) electrons. The van der Waals surface area contributed by atoms with Gasteiger partial charge in [0.2, 0.25) is 5.91 Å². The molecule has 0 heterocycles. The highest BCUT2D eigenvalue weighted by Gasteiger charge is 2.28. The highest BCUT2D eigenvalue weighted by molar-refractivity contribution is 5.82. The molecule has 0 spiro atoms. The highest BCUT2D eigenvalue weighted by Crippen LogP contribution is 2.13. The summed E-state index contributed by atoms with van der Waals surface area (Å²) in [5.41, 5.74) is 5.95. The zero-order valence-electron chi connectivity index (χ0n) is 11.9. The minimum absolute atomic E-state index is 0.0696. The minimum Gasteiger partial charge on any atom is -0.481 e. The number of aliphatic carboxylic acids is 1. The van der Waals surface area contributed by atoms with Crippen molar-refractivity contribution >= 4 is 11.9 Å². The molecule has 5 heteroatoms. The van der Waals surface area contributed by atoms with E-state index >= 15 is 0 Å². The van der Waals surface area contributed by atoms with Crippen molar-refractivity contribution in [3.63, 3.8) is 0 Å². The monoisotopic (exact) mass is 278 g/mol. The Kier molecular flexibility index (Phi) is 5.70. The number of carbonyl (C=O) groups is 2. The van der Waals surface area contributed by atoms with Crippen LogP contribution in [0.25, 0.3) is 0 Å². The first-order valence-corrected chi connectivity index (χ1v) is 6.63. The van der Waals surface area contributed by atoms with Crippen molar-refractivity contribution in [1.82, 2.24) is 5.32 Å². The SMILES string of the molecule is CC(C)(CNC(=O)C(N)CCc1ccccc1)C(=O)O. The van der Waals surface area contributed by atoms with E-state index in [4.69, 9.17) is 10.8 Å². The Hall–Kier alpha value is -1.88. The van der Waals surface area contributed by atoms with Gasteiger partial charge in [0.25, 0.3) is 0 Å². The number of aryl methyl sites for hydroxylation is 1. The number of carboxylic acids is 1. The van der Waals surface area contributed by atoms with Gasteiger partial charge in [-0.2, -0.15) is 0 Å². The molecular formula is C15H22N2O3. The molecule has 0 aliphatic carbocycles. The third kappa shape index (κ3) is 5.01. The van der Waals surface area contributed by atoms with Crippen LogP contribution in [0.15, 0.2) is 30.3 Å². The van der Waals surface area contributed by atoms with Gasteiger partial charge in [0.1, 0.15) is 0 Å². The summed E-state index contributed by atoms with van der Waals surface area (Å²) >= 11 is 0. The van der Waals surface area contributed by atoms with Crippen molar-refractivity contribution in [2.24, 2.45) is 11.1 Å². The highest BCUT2D eigenvalue weighted by atomic mass is 16.4. The quantitative estimate of drug-likeness (QED) is 0.698. The molecule has 1 amide bonds. The number of carbonyl (C=O) groups excluding carboxylic acids is 1. The molecule has 0 aliphatic rings. The van der Waals surface area contributed by atoms with Crippen LogP contribution in [0.3, 0.4) is 0 Å². The summed E-state index contributed by atoms with van der Waals surface area (Å²) in [4.78, 5) is 22.7. The molecule has 1 unspecified atom stereocenters. The maximum atomic E-state index is 11.8. The van der Waals surface area contributed by atoms with Crippen LogP contribution in [0.5, 0.6) is 0 Å². The molecule has 0 saturated heterocycles. The molecule has 0 bridgehead atoms. The Morgan fingerprint density at radius 2 is 1.90 bits per heavy atom. The number of benzene rings is 1. The fraction of sp³-hybridized carbons (Fsp3) is 0.467. The number of nitrogens with two attached hydrogens (primary N) is 1. The van der Waals surface area contributed by atoms with Crippen LogP contribution >= 0.6 is 0 Å². The van der Waals surface area contributed by atoms with Crippen LogP contribution < -0.4 is 11.1 Å². The van der Waals surface area contributed by atoms with Crippen LogP contribution in [0.4, 0.5) is 0 Å². The number of hydrogen-bond acceptors (Lipinski definition) is 3. The van der Waals surface area contributed by atoms with Crippen molar-refractivity contribution in [2.45, 2.75) is 32.7 Å². The number of carboxylic acid groups (broad SMARTS) is 1. The molecule has 0 aliphatic heterocycles. The van der Waals surface area contributed by atoms with Gasteiger partial charge in [-0.15, -0.1) is 0 Å². The average Bonchev–Trinajstić information content (AvgIpc) is 2.43. The first-order chi connectivity index (χ1) is 9.33. The summed E-state index contributed by atoms with van der Waals surface area (Å²) < 4.78 is 0. The van der Waals surface area contributed by atoms with E-state index in [0.717, 1.165) is 12.0 Å². The second kappa shape index (κ2) is 7.05. The second-order valence-electron chi connectivity index (χ2n) is 5.54. The maximum Gasteiger partial charge on any atom is 0.310 e. The van der Waals surface area contributed by atoms with Gasteiger partial charge in [-0.3, -0.25) is 9.59 Å². The fourth-order valence-corrected chi connectivity index (χ4v) is 1.61. The van der Waals surface area contributed by atoms with Crippen molar-refractivity contribution in [2.75, 3.05) is 6.54 Å². The topological polar surface area (TPSA) is 92.4 Å². The van der Waals surface area contributed by atoms with E-state index in [-0.39, 0.29) is 12.5 Å². The van der Waals surface area contributed by atoms with Crippen molar-refractivity contribution < 1.29 is 14.7 Å². The van der Waals surface area contributed by atoms with Crippen LogP contribution in [-0.2, 0) is 16.0 Å². The third-order valence-corrected chi connectivity index (χ3v) is 3.21. The summed E-state index contributed by atoms with van der Waals surface area (Å²) in [5.74, 6) is -1.26. The largest absolute Gasteiger partial charge is 0.481 e. The van der Waals surface area contributed by atoms with Crippen molar-refractivity contribution in [1.29, 1.82) is 0 Å². The number of hydrogen-bond donors (Lipinski definition) is 3. The molecule has 5 nitrogen and oxygen atoms in total. The van der Waals surface area contributed by atoms with Gasteiger partial charge >= 0.3 is 5.97 Å². The molecule has 20 heavy (non-hydrogen) atoms. The Labute approximate surface area is 119 Å². The molecule has 1 aromatic carbocycles. The lowest BCUT2D eigenvalue weighted by molar-refractivity contribution is -0.146. The Bertz CT molecular complexity index is 457. The Morgan fingerprint density at radius 1 is 1.30 bits per heavy atom. The lowest BCUT2D eigenvalue weighted by Crippen LogP contribution is -2.46. The van der Waals surface area contributed by atoms with Crippen molar-refractivity contribution in [3.05, 3.63) is 35.9 Å². The van der Waals surface area contributed by atoms with E-state index in [1.165, 1.54) is 0 Å². The molecular weight excluding hydrogens is 256 g/mol. The number of nitrogens with one attached hydrogen (secondary N) is 1. The Balaban J connectivity index is 2.38. The smallest absolute Gasteiger partial charge is 0.310 e. The first kappa shape index (κ1) is 16.2. The van der Waals surface area contributed by atoms with Gasteiger partial charge in [-0.25, -0.2) is 0 Å². The van der Waals surface area contributed by atoms with Crippen LogP contribution in [0.2, 0.25) is 0 Å². The lowest BCUT2D eigenvalue weighted by Gasteiger charge is -2.21. The molecule has 4 N–H and O–H groups in total. The normalized spacial score (nSPS) is 12.8. The second-order valence-corrected chi connectivity index (χ2v) is 5.54. The zero-order valence-corrected chi connectivity index (χ0v) is 11.9. The molecule has 1 rings (SSSR count). The van der Waals surface area contributed by atoms with Crippen LogP contribution in [-0.4, -0.2) is 29.6 Å². The minimum atomic E-state index is -0.991. The first-order valence-electron chi connectivity index (χ1n) is 6.63. The molecule has 0 aromatic heterocycles. The molecule has 0 fully saturated rings. The molecule has 1 atom stereocenters. The summed E-state index contributed by atoms with van der Waals surface area (Å²) in [5, 5.41) is 11.6. The van der Waals surface area contributed by atoms with E-state index in [1.807, 2.05) is 30.3 Å². The maximum absolute atomic E-state index is 11.8. The van der Waals surface area contributed by atoms with Crippen molar-refractivity contribution in [3.8, 4) is 0 Å². The predicted octanol–water partition coefficient (Wildman–Crippen LogP) is 1.17. The summed E-state index contributed by atoms with van der Waals surface area (Å²) in [6, 6.07) is 9.16. The summed E-state index contributed by atoms with van der Waals surface area (Å²) in [7, 11) is 0. The van der Waals surface area contributed by atoms with E-state index < -0.39 is 17.4 Å². The number of amides is 1. The van der Waals surface area contributed by atoms with Gasteiger partial charge in [0, 0.05) is 6.54 Å². The zero-order chi connectivity index (χ0) is 15.2. The van der Waals surface area contributed by atoms with E-state index in [2.05, 4.69) is 5.32 Å². The third-order valence-electron chi connectivity index (χ3n) is 3.21.